The highest BCUT2D eigenvalue weighted by Crippen LogP contribution is 2.21. The van der Waals surface area contributed by atoms with Crippen LogP contribution in [0.2, 0.25) is 0 Å². The molecule has 2 unspecified atom stereocenters. The molecule has 0 spiro atoms. The Morgan fingerprint density at radius 1 is 0.732 bits per heavy atom. The molecule has 4 heteroatoms. The number of benzene rings is 2. The van der Waals surface area contributed by atoms with Gasteiger partial charge in [0.15, 0.2) is 0 Å². The molecule has 0 N–H and O–H groups in total. The Labute approximate surface area is 252 Å². The number of carbonyl (C=O) groups is 1. The van der Waals surface area contributed by atoms with E-state index in [0.29, 0.717) is 6.42 Å². The number of rotatable bonds is 23. The molecule has 230 valence electrons. The molecule has 2 rings (SSSR count). The summed E-state index contributed by atoms with van der Waals surface area (Å²) in [7, 11) is 4.44. The lowest BCUT2D eigenvalue weighted by Gasteiger charge is -2.31. The Morgan fingerprint density at radius 3 is 1.98 bits per heavy atom. The molecule has 0 aliphatic rings. The van der Waals surface area contributed by atoms with Gasteiger partial charge in [0.1, 0.15) is 12.3 Å². The highest BCUT2D eigenvalue weighted by Gasteiger charge is 2.24. The van der Waals surface area contributed by atoms with Gasteiger partial charge in [-0.2, -0.15) is 0 Å². The van der Waals surface area contributed by atoms with Crippen LogP contribution in [0.15, 0.2) is 54.6 Å². The molecule has 41 heavy (non-hydrogen) atoms. The summed E-state index contributed by atoms with van der Waals surface area (Å²) in [6.45, 7) is 8.20. The predicted octanol–water partition coefficient (Wildman–Crippen LogP) is 9.89. The van der Waals surface area contributed by atoms with Crippen LogP contribution in [0.4, 0.5) is 0 Å². The van der Waals surface area contributed by atoms with Crippen LogP contribution in [0.5, 0.6) is 5.75 Å². The number of carbonyl (C=O) groups excluding carboxylic acids is 1. The van der Waals surface area contributed by atoms with Crippen LogP contribution < -0.4 is 4.74 Å². The first-order valence-electron chi connectivity index (χ1n) is 16.6. The standard InChI is InChI=1S/C37H60NO3/c1-6-8-9-10-11-12-13-14-15-16-18-23-33-26-21-27-35(30-33)40-36(22-7-2)41-37(39)32(3)28-29-38(4,5)31-34-24-19-17-20-25-34/h17,19-21,24-27,30,32,36H,6-16,18,22-23,28-29,31H2,1-5H3/q+1. The van der Waals surface area contributed by atoms with Gasteiger partial charge in [-0.3, -0.25) is 4.79 Å². The minimum absolute atomic E-state index is 0.166. The maximum Gasteiger partial charge on any atom is 0.311 e. The van der Waals surface area contributed by atoms with Crippen molar-refractivity contribution in [1.29, 1.82) is 0 Å². The van der Waals surface area contributed by atoms with E-state index >= 15 is 0 Å². The zero-order valence-electron chi connectivity index (χ0n) is 27.0. The quantitative estimate of drug-likeness (QED) is 0.0581. The van der Waals surface area contributed by atoms with Crippen LogP contribution in [0.25, 0.3) is 0 Å². The topological polar surface area (TPSA) is 35.5 Å². The SMILES string of the molecule is CCCCCCCCCCCCCc1cccc(OC(CCC)OC(=O)C(C)CC[N+](C)(C)Cc2ccccc2)c1. The van der Waals surface area contributed by atoms with Crippen molar-refractivity contribution in [2.24, 2.45) is 5.92 Å². The Kier molecular flexibility index (Phi) is 17.5. The van der Waals surface area contributed by atoms with Gasteiger partial charge in [-0.25, -0.2) is 0 Å². The lowest BCUT2D eigenvalue weighted by atomic mass is 10.0. The molecule has 0 heterocycles. The highest BCUT2D eigenvalue weighted by molar-refractivity contribution is 5.72. The third kappa shape index (κ3) is 16.0. The molecule has 0 radical (unpaired) electrons. The first-order valence-corrected chi connectivity index (χ1v) is 16.6. The fourth-order valence-electron chi connectivity index (χ4n) is 5.36. The summed E-state index contributed by atoms with van der Waals surface area (Å²) in [6.07, 6.45) is 17.8. The van der Waals surface area contributed by atoms with E-state index in [0.717, 1.165) is 42.6 Å². The molecule has 0 saturated carbocycles. The number of unbranched alkanes of at least 4 members (excludes halogenated alkanes) is 10. The molecule has 0 aliphatic carbocycles. The van der Waals surface area contributed by atoms with Gasteiger partial charge >= 0.3 is 5.97 Å². The molecule has 4 nitrogen and oxygen atoms in total. The summed E-state index contributed by atoms with van der Waals surface area (Å²) in [4.78, 5) is 13.0. The lowest BCUT2D eigenvalue weighted by Crippen LogP contribution is -2.41. The molecular formula is C37H60NO3+. The van der Waals surface area contributed by atoms with Crippen molar-refractivity contribution < 1.29 is 18.8 Å². The number of hydrogen-bond acceptors (Lipinski definition) is 3. The van der Waals surface area contributed by atoms with Crippen LogP contribution in [0.3, 0.4) is 0 Å². The van der Waals surface area contributed by atoms with Gasteiger partial charge in [-0.1, -0.05) is 127 Å². The van der Waals surface area contributed by atoms with Gasteiger partial charge < -0.3 is 14.0 Å². The summed E-state index contributed by atoms with van der Waals surface area (Å²) >= 11 is 0. The number of ether oxygens (including phenoxy) is 2. The Hall–Kier alpha value is -2.33. The second-order valence-electron chi connectivity index (χ2n) is 12.7. The van der Waals surface area contributed by atoms with E-state index in [9.17, 15) is 4.79 Å². The van der Waals surface area contributed by atoms with Gasteiger partial charge in [0, 0.05) is 18.4 Å². The van der Waals surface area contributed by atoms with E-state index in [2.05, 4.69) is 70.4 Å². The smallest absolute Gasteiger partial charge is 0.311 e. The van der Waals surface area contributed by atoms with Crippen LogP contribution in [0.1, 0.15) is 122 Å². The number of aryl methyl sites for hydroxylation is 1. The largest absolute Gasteiger partial charge is 0.455 e. The first-order chi connectivity index (χ1) is 19.8. The maximum atomic E-state index is 13.0. The van der Waals surface area contributed by atoms with Crippen molar-refractivity contribution in [1.82, 2.24) is 0 Å². The summed E-state index contributed by atoms with van der Waals surface area (Å²) < 4.78 is 12.9. The second-order valence-corrected chi connectivity index (χ2v) is 12.7. The molecule has 0 fully saturated rings. The van der Waals surface area contributed by atoms with Crippen LogP contribution >= 0.6 is 0 Å². The Morgan fingerprint density at radius 2 is 1.34 bits per heavy atom. The van der Waals surface area contributed by atoms with Crippen molar-refractivity contribution in [2.75, 3.05) is 20.6 Å². The molecule has 2 aromatic carbocycles. The Bertz CT molecular complexity index is 942. The summed E-state index contributed by atoms with van der Waals surface area (Å²) in [5.41, 5.74) is 2.61. The number of nitrogens with zero attached hydrogens (tertiary/aromatic N) is 1. The fourth-order valence-corrected chi connectivity index (χ4v) is 5.36. The third-order valence-corrected chi connectivity index (χ3v) is 8.03. The number of quaternary nitrogens is 1. The van der Waals surface area contributed by atoms with Crippen molar-refractivity contribution in [3.8, 4) is 5.75 Å². The number of hydrogen-bond donors (Lipinski definition) is 0. The summed E-state index contributed by atoms with van der Waals surface area (Å²) in [6, 6.07) is 18.9. The molecular weight excluding hydrogens is 506 g/mol. The van der Waals surface area contributed by atoms with Gasteiger partial charge in [0.2, 0.25) is 6.29 Å². The van der Waals surface area contributed by atoms with Crippen molar-refractivity contribution in [3.05, 3.63) is 65.7 Å². The minimum atomic E-state index is -0.543. The van der Waals surface area contributed by atoms with Crippen molar-refractivity contribution >= 4 is 5.97 Å². The normalized spacial score (nSPS) is 13.1. The van der Waals surface area contributed by atoms with E-state index < -0.39 is 6.29 Å². The van der Waals surface area contributed by atoms with Crippen molar-refractivity contribution in [3.63, 3.8) is 0 Å². The zero-order chi connectivity index (χ0) is 29.8. The first kappa shape index (κ1) is 34.9. The fraction of sp³-hybridized carbons (Fsp3) is 0.649. The molecule has 0 saturated heterocycles. The third-order valence-electron chi connectivity index (χ3n) is 8.03. The monoisotopic (exact) mass is 566 g/mol. The molecule has 0 amide bonds. The van der Waals surface area contributed by atoms with Gasteiger partial charge in [-0.15, -0.1) is 0 Å². The van der Waals surface area contributed by atoms with Crippen molar-refractivity contribution in [2.45, 2.75) is 130 Å². The van der Waals surface area contributed by atoms with E-state index in [4.69, 9.17) is 9.47 Å². The van der Waals surface area contributed by atoms with Gasteiger partial charge in [0.25, 0.3) is 0 Å². The zero-order valence-corrected chi connectivity index (χ0v) is 27.0. The minimum Gasteiger partial charge on any atom is -0.455 e. The van der Waals surface area contributed by atoms with E-state index in [1.54, 1.807) is 0 Å². The predicted molar refractivity (Wildman–Crippen MR) is 173 cm³/mol. The van der Waals surface area contributed by atoms with Crippen LogP contribution in [-0.2, 0) is 22.5 Å². The summed E-state index contributed by atoms with van der Waals surface area (Å²) in [5.74, 6) is 0.462. The average molecular weight is 567 g/mol. The van der Waals surface area contributed by atoms with Gasteiger partial charge in [0.05, 0.1) is 26.6 Å². The molecule has 0 aliphatic heterocycles. The number of esters is 1. The van der Waals surface area contributed by atoms with Crippen LogP contribution in [0, 0.1) is 5.92 Å². The molecule has 0 aromatic heterocycles. The molecule has 2 aromatic rings. The molecule has 2 atom stereocenters. The van der Waals surface area contributed by atoms with E-state index in [1.165, 1.54) is 81.8 Å². The average Bonchev–Trinajstić information content (AvgIpc) is 2.95. The van der Waals surface area contributed by atoms with E-state index in [-0.39, 0.29) is 11.9 Å². The Balaban J connectivity index is 1.71. The van der Waals surface area contributed by atoms with E-state index in [1.807, 2.05) is 19.1 Å². The highest BCUT2D eigenvalue weighted by atomic mass is 16.7. The molecule has 0 bridgehead atoms. The maximum absolute atomic E-state index is 13.0. The second kappa shape index (κ2) is 20.5. The van der Waals surface area contributed by atoms with Crippen LogP contribution in [-0.4, -0.2) is 37.4 Å². The lowest BCUT2D eigenvalue weighted by molar-refractivity contribution is -0.904. The van der Waals surface area contributed by atoms with Gasteiger partial charge in [-0.05, 0) is 37.0 Å². The summed E-state index contributed by atoms with van der Waals surface area (Å²) in [5, 5.41) is 0.